The van der Waals surface area contributed by atoms with Crippen LogP contribution in [-0.4, -0.2) is 24.0 Å². The van der Waals surface area contributed by atoms with Gasteiger partial charge in [0.25, 0.3) is 0 Å². The van der Waals surface area contributed by atoms with Crippen molar-refractivity contribution in [3.8, 4) is 0 Å². The number of carbonyl (C=O) groups excluding carboxylic acids is 2. The van der Waals surface area contributed by atoms with E-state index in [4.69, 9.17) is 4.74 Å². The van der Waals surface area contributed by atoms with E-state index < -0.39 is 5.60 Å². The average Bonchev–Trinajstić information content (AvgIpc) is 2.48. The third kappa shape index (κ3) is 4.32. The van der Waals surface area contributed by atoms with E-state index in [-0.39, 0.29) is 18.1 Å². The highest BCUT2D eigenvalue weighted by molar-refractivity contribution is 5.68. The lowest BCUT2D eigenvalue weighted by molar-refractivity contribution is -0.110. The molecular formula is C11H19NO3. The zero-order valence-electron chi connectivity index (χ0n) is 9.58. The lowest BCUT2D eigenvalue weighted by atomic mass is 10.1. The van der Waals surface area contributed by atoms with Gasteiger partial charge in [-0.05, 0) is 40.0 Å². The van der Waals surface area contributed by atoms with E-state index in [2.05, 4.69) is 5.32 Å². The van der Waals surface area contributed by atoms with E-state index in [0.717, 1.165) is 25.5 Å². The van der Waals surface area contributed by atoms with Crippen LogP contribution in [0.2, 0.25) is 0 Å². The van der Waals surface area contributed by atoms with Gasteiger partial charge >= 0.3 is 6.09 Å². The van der Waals surface area contributed by atoms with Gasteiger partial charge in [0.1, 0.15) is 11.9 Å². The lowest BCUT2D eigenvalue weighted by Crippen LogP contribution is -2.37. The first-order valence-electron chi connectivity index (χ1n) is 5.35. The summed E-state index contributed by atoms with van der Waals surface area (Å²) in [7, 11) is 0. The number of carbonyl (C=O) groups is 2. The first-order valence-corrected chi connectivity index (χ1v) is 5.35. The molecule has 1 aliphatic rings. The molecule has 1 saturated carbocycles. The van der Waals surface area contributed by atoms with Crippen LogP contribution in [0, 0.1) is 5.92 Å². The maximum atomic E-state index is 11.4. The second-order valence-corrected chi connectivity index (χ2v) is 5.05. The Morgan fingerprint density at radius 1 is 1.40 bits per heavy atom. The van der Waals surface area contributed by atoms with Gasteiger partial charge in [0.2, 0.25) is 0 Å². The standard InChI is InChI=1S/C11H19NO3/c1-11(2,3)15-10(14)12-9-5-4-8(6-9)7-13/h7-9H,4-6H2,1-3H3,(H,12,14)/t8-,9-/m0/s1. The van der Waals surface area contributed by atoms with Crippen LogP contribution in [0.4, 0.5) is 4.79 Å². The van der Waals surface area contributed by atoms with Gasteiger partial charge in [-0.15, -0.1) is 0 Å². The normalized spacial score (nSPS) is 26.1. The van der Waals surface area contributed by atoms with Gasteiger partial charge < -0.3 is 14.8 Å². The van der Waals surface area contributed by atoms with Gasteiger partial charge in [-0.25, -0.2) is 4.79 Å². The Balaban J connectivity index is 2.31. The van der Waals surface area contributed by atoms with E-state index in [0.29, 0.717) is 0 Å². The SMILES string of the molecule is CC(C)(C)OC(=O)N[C@H]1CC[C@H](C=O)C1. The maximum Gasteiger partial charge on any atom is 0.407 e. The molecule has 4 nitrogen and oxygen atoms in total. The largest absolute Gasteiger partial charge is 0.444 e. The number of nitrogens with one attached hydrogen (secondary N) is 1. The van der Waals surface area contributed by atoms with Crippen molar-refractivity contribution in [3.05, 3.63) is 0 Å². The lowest BCUT2D eigenvalue weighted by Gasteiger charge is -2.21. The van der Waals surface area contributed by atoms with Crippen LogP contribution < -0.4 is 5.32 Å². The highest BCUT2D eigenvalue weighted by Gasteiger charge is 2.27. The molecule has 1 fully saturated rings. The number of alkyl carbamates (subject to hydrolysis) is 1. The van der Waals surface area contributed by atoms with Crippen molar-refractivity contribution >= 4 is 12.4 Å². The Hall–Kier alpha value is -1.06. The fourth-order valence-corrected chi connectivity index (χ4v) is 1.75. The molecule has 0 aromatic rings. The zero-order valence-corrected chi connectivity index (χ0v) is 9.58. The number of hydrogen-bond acceptors (Lipinski definition) is 3. The van der Waals surface area contributed by atoms with Crippen molar-refractivity contribution < 1.29 is 14.3 Å². The average molecular weight is 213 g/mol. The molecule has 0 saturated heterocycles. The van der Waals surface area contributed by atoms with Gasteiger partial charge in [0, 0.05) is 12.0 Å². The summed E-state index contributed by atoms with van der Waals surface area (Å²) in [6.07, 6.45) is 3.05. The molecule has 0 aliphatic heterocycles. The summed E-state index contributed by atoms with van der Waals surface area (Å²) in [5.74, 6) is 0.102. The quantitative estimate of drug-likeness (QED) is 0.712. The molecule has 0 aromatic heterocycles. The van der Waals surface area contributed by atoms with Gasteiger partial charge in [-0.1, -0.05) is 0 Å². The molecule has 0 bridgehead atoms. The fraction of sp³-hybridized carbons (Fsp3) is 0.818. The number of hydrogen-bond donors (Lipinski definition) is 1. The van der Waals surface area contributed by atoms with Crippen LogP contribution in [0.25, 0.3) is 0 Å². The van der Waals surface area contributed by atoms with Crippen LogP contribution in [0.1, 0.15) is 40.0 Å². The van der Waals surface area contributed by atoms with Crippen molar-refractivity contribution in [2.24, 2.45) is 5.92 Å². The number of ether oxygens (including phenoxy) is 1. The molecular weight excluding hydrogens is 194 g/mol. The molecule has 0 spiro atoms. The van der Waals surface area contributed by atoms with Crippen LogP contribution in [0.3, 0.4) is 0 Å². The Morgan fingerprint density at radius 2 is 2.07 bits per heavy atom. The van der Waals surface area contributed by atoms with Crippen LogP contribution in [0.5, 0.6) is 0 Å². The second kappa shape index (κ2) is 4.64. The predicted molar refractivity (Wildman–Crippen MR) is 56.6 cm³/mol. The van der Waals surface area contributed by atoms with Crippen LogP contribution >= 0.6 is 0 Å². The first kappa shape index (κ1) is 12.0. The molecule has 0 unspecified atom stereocenters. The molecule has 15 heavy (non-hydrogen) atoms. The van der Waals surface area contributed by atoms with Crippen molar-refractivity contribution in [1.29, 1.82) is 0 Å². The van der Waals surface area contributed by atoms with E-state index >= 15 is 0 Å². The molecule has 2 atom stereocenters. The molecule has 1 amide bonds. The minimum atomic E-state index is -0.466. The minimum Gasteiger partial charge on any atom is -0.444 e. The highest BCUT2D eigenvalue weighted by Crippen LogP contribution is 2.23. The Morgan fingerprint density at radius 3 is 2.53 bits per heavy atom. The van der Waals surface area contributed by atoms with Gasteiger partial charge in [-0.2, -0.15) is 0 Å². The van der Waals surface area contributed by atoms with E-state index in [9.17, 15) is 9.59 Å². The summed E-state index contributed by atoms with van der Waals surface area (Å²) in [4.78, 5) is 21.9. The van der Waals surface area contributed by atoms with Gasteiger partial charge in [0.15, 0.2) is 0 Å². The van der Waals surface area contributed by atoms with Gasteiger partial charge in [0.05, 0.1) is 0 Å². The Bertz CT molecular complexity index is 245. The predicted octanol–water partition coefficient (Wildman–Crippen LogP) is 1.88. The van der Waals surface area contributed by atoms with E-state index in [1.165, 1.54) is 0 Å². The third-order valence-corrected chi connectivity index (χ3v) is 2.39. The molecule has 86 valence electrons. The molecule has 4 heteroatoms. The van der Waals surface area contributed by atoms with Crippen LogP contribution in [-0.2, 0) is 9.53 Å². The fourth-order valence-electron chi connectivity index (χ4n) is 1.75. The molecule has 1 rings (SSSR count). The van der Waals surface area contributed by atoms with E-state index in [1.807, 2.05) is 20.8 Å². The Labute approximate surface area is 90.4 Å². The summed E-state index contributed by atoms with van der Waals surface area (Å²) in [5.41, 5.74) is -0.466. The van der Waals surface area contributed by atoms with Crippen molar-refractivity contribution in [1.82, 2.24) is 5.32 Å². The molecule has 1 aliphatic carbocycles. The molecule has 0 aromatic carbocycles. The summed E-state index contributed by atoms with van der Waals surface area (Å²) in [6.45, 7) is 5.49. The van der Waals surface area contributed by atoms with Crippen molar-refractivity contribution in [3.63, 3.8) is 0 Å². The Kier molecular flexibility index (Phi) is 3.72. The summed E-state index contributed by atoms with van der Waals surface area (Å²) >= 11 is 0. The molecule has 0 radical (unpaired) electrons. The zero-order chi connectivity index (χ0) is 11.5. The summed E-state index contributed by atoms with van der Waals surface area (Å²) < 4.78 is 5.13. The monoisotopic (exact) mass is 213 g/mol. The molecule has 1 N–H and O–H groups in total. The number of rotatable bonds is 2. The number of amides is 1. The smallest absolute Gasteiger partial charge is 0.407 e. The second-order valence-electron chi connectivity index (χ2n) is 5.05. The van der Waals surface area contributed by atoms with Crippen LogP contribution in [0.15, 0.2) is 0 Å². The number of aldehydes is 1. The summed E-state index contributed by atoms with van der Waals surface area (Å²) in [5, 5.41) is 2.78. The van der Waals surface area contributed by atoms with Crippen molar-refractivity contribution in [2.45, 2.75) is 51.7 Å². The third-order valence-electron chi connectivity index (χ3n) is 2.39. The highest BCUT2D eigenvalue weighted by atomic mass is 16.6. The molecule has 0 heterocycles. The first-order chi connectivity index (χ1) is 6.90. The van der Waals surface area contributed by atoms with E-state index in [1.54, 1.807) is 0 Å². The summed E-state index contributed by atoms with van der Waals surface area (Å²) in [6, 6.07) is 0.0926. The maximum absolute atomic E-state index is 11.4. The topological polar surface area (TPSA) is 55.4 Å². The van der Waals surface area contributed by atoms with Crippen molar-refractivity contribution in [2.75, 3.05) is 0 Å². The van der Waals surface area contributed by atoms with Gasteiger partial charge in [-0.3, -0.25) is 0 Å². The minimum absolute atomic E-state index is 0.0926.